The van der Waals surface area contributed by atoms with Gasteiger partial charge in [-0.2, -0.15) is 0 Å². The molecule has 0 fully saturated rings. The lowest BCUT2D eigenvalue weighted by molar-refractivity contribution is -0.160. The molecule has 0 amide bonds. The second-order valence-electron chi connectivity index (χ2n) is 10.5. The number of carbonyl (C=O) groups is 8. The van der Waals surface area contributed by atoms with E-state index >= 15 is 0 Å². The minimum atomic E-state index is -1.22. The Balaban J connectivity index is -0.000000179. The summed E-state index contributed by atoms with van der Waals surface area (Å²) in [7, 11) is 0. The van der Waals surface area contributed by atoms with E-state index in [2.05, 4.69) is 9.47 Å². The van der Waals surface area contributed by atoms with Crippen molar-refractivity contribution in [2.75, 3.05) is 26.3 Å². The van der Waals surface area contributed by atoms with E-state index in [-0.39, 0.29) is 31.9 Å². The number of esters is 3. The van der Waals surface area contributed by atoms with Crippen molar-refractivity contribution in [2.45, 2.75) is 95.5 Å². The minimum Gasteiger partial charge on any atom is -0.481 e. The van der Waals surface area contributed by atoms with Gasteiger partial charge >= 0.3 is 47.8 Å². The van der Waals surface area contributed by atoms with Crippen LogP contribution in [0.3, 0.4) is 0 Å². The van der Waals surface area contributed by atoms with Crippen LogP contribution in [0.15, 0.2) is 0 Å². The molecule has 7 atom stereocenters. The van der Waals surface area contributed by atoms with Crippen LogP contribution in [0.4, 0.5) is 0 Å². The summed E-state index contributed by atoms with van der Waals surface area (Å²) in [6.07, 6.45) is 2.70. The molecule has 24 heteroatoms. The van der Waals surface area contributed by atoms with Gasteiger partial charge in [0.05, 0.1) is 13.2 Å². The monoisotopic (exact) mass is 762 g/mol. The fraction of sp³-hybridized carbons (Fsp3) is 0.714. The van der Waals surface area contributed by atoms with E-state index in [1.165, 1.54) is 6.92 Å². The van der Waals surface area contributed by atoms with E-state index in [4.69, 9.17) is 76.5 Å². The van der Waals surface area contributed by atoms with Gasteiger partial charge in [0.1, 0.15) is 42.9 Å². The summed E-state index contributed by atoms with van der Waals surface area (Å²) in [5.41, 5.74) is 40.8. The van der Waals surface area contributed by atoms with Crippen LogP contribution in [0, 0.1) is 5.92 Å². The quantitative estimate of drug-likeness (QED) is 0.0332. The van der Waals surface area contributed by atoms with Crippen molar-refractivity contribution in [3.63, 3.8) is 0 Å². The van der Waals surface area contributed by atoms with E-state index < -0.39 is 90.6 Å². The lowest BCUT2D eigenvalue weighted by atomic mass is 10.0. The second kappa shape index (κ2) is 35.0. The number of nitrogens with two attached hydrogens (primary N) is 8. The van der Waals surface area contributed by atoms with Crippen LogP contribution in [0.5, 0.6) is 0 Å². The SMILES string of the molecule is CC[C@H](C)[C@H](N)C(=O)OC(=O)CN.C[C@H](N)C(=O)OC[C@H](N)C(=O)O.NCCCC[C@H](N)C(=O)O.N[C@@H](CCC(=O)O)C(=O)O.N[C@@H](CO)C(=O)O. The lowest BCUT2D eigenvalue weighted by Gasteiger charge is -2.15. The van der Waals surface area contributed by atoms with Crippen LogP contribution < -0.4 is 45.9 Å². The minimum absolute atomic E-state index is 0.00178. The summed E-state index contributed by atoms with van der Waals surface area (Å²) >= 11 is 0. The average molecular weight is 763 g/mol. The average Bonchev–Trinajstić information content (AvgIpc) is 3.08. The first kappa shape index (κ1) is 57.0. The Morgan fingerprint density at radius 1 is 0.635 bits per heavy atom. The Bertz CT molecular complexity index is 1070. The van der Waals surface area contributed by atoms with Crippen molar-refractivity contribution < 1.29 is 78.5 Å². The maximum absolute atomic E-state index is 11.1. The molecule has 0 unspecified atom stereocenters. The number of carboxylic acid groups (broad SMARTS) is 5. The number of aliphatic hydroxyl groups is 1. The molecule has 0 aromatic rings. The van der Waals surface area contributed by atoms with Crippen LogP contribution in [0.2, 0.25) is 0 Å². The van der Waals surface area contributed by atoms with Crippen molar-refractivity contribution in [3.05, 3.63) is 0 Å². The predicted octanol–water partition coefficient (Wildman–Crippen LogP) is -5.14. The van der Waals surface area contributed by atoms with Crippen molar-refractivity contribution in [2.24, 2.45) is 51.8 Å². The van der Waals surface area contributed by atoms with Gasteiger partial charge in [0.25, 0.3) is 0 Å². The molecule has 0 bridgehead atoms. The number of carboxylic acids is 5. The van der Waals surface area contributed by atoms with Crippen LogP contribution in [-0.2, 0) is 47.8 Å². The fourth-order valence-electron chi connectivity index (χ4n) is 2.20. The zero-order chi connectivity index (χ0) is 42.1. The first-order valence-corrected chi connectivity index (χ1v) is 15.5. The summed E-state index contributed by atoms with van der Waals surface area (Å²) in [6, 6.07) is -5.60. The summed E-state index contributed by atoms with van der Waals surface area (Å²) in [6.45, 7) is 4.60. The molecule has 52 heavy (non-hydrogen) atoms. The Morgan fingerprint density at radius 3 is 1.38 bits per heavy atom. The Labute approximate surface area is 300 Å². The van der Waals surface area contributed by atoms with Crippen LogP contribution >= 0.6 is 0 Å². The lowest BCUT2D eigenvalue weighted by Crippen LogP contribution is -2.39. The molecule has 0 aliphatic rings. The van der Waals surface area contributed by atoms with Crippen LogP contribution in [0.1, 0.15) is 59.3 Å². The topological polar surface area (TPSA) is 485 Å². The molecular weight excluding hydrogens is 704 g/mol. The van der Waals surface area contributed by atoms with E-state index in [0.717, 1.165) is 19.3 Å². The van der Waals surface area contributed by atoms with Gasteiger partial charge in [-0.15, -0.1) is 0 Å². The molecule has 0 aliphatic carbocycles. The molecule has 0 aromatic heterocycles. The van der Waals surface area contributed by atoms with E-state index in [9.17, 15) is 38.4 Å². The van der Waals surface area contributed by atoms with E-state index in [0.29, 0.717) is 13.0 Å². The first-order chi connectivity index (χ1) is 23.9. The molecule has 0 spiro atoms. The van der Waals surface area contributed by atoms with Gasteiger partial charge in [-0.3, -0.25) is 33.6 Å². The number of carbonyl (C=O) groups excluding carboxylic acids is 3. The Kier molecular flexibility index (Phi) is 38.4. The summed E-state index contributed by atoms with van der Waals surface area (Å²) in [5.74, 6) is -7.64. The van der Waals surface area contributed by atoms with Gasteiger partial charge in [-0.1, -0.05) is 26.7 Å². The molecule has 0 heterocycles. The largest absolute Gasteiger partial charge is 0.481 e. The second-order valence-corrected chi connectivity index (χ2v) is 10.5. The zero-order valence-electron chi connectivity index (χ0n) is 29.5. The highest BCUT2D eigenvalue weighted by molar-refractivity contribution is 5.89. The molecule has 0 saturated heterocycles. The molecule has 0 aliphatic heterocycles. The molecule has 0 aromatic carbocycles. The highest BCUT2D eigenvalue weighted by atomic mass is 16.6. The molecule has 22 N–H and O–H groups in total. The molecule has 306 valence electrons. The normalized spacial score (nSPS) is 13.8. The summed E-state index contributed by atoms with van der Waals surface area (Å²) < 4.78 is 8.81. The first-order valence-electron chi connectivity index (χ1n) is 15.5. The molecule has 24 nitrogen and oxygen atoms in total. The summed E-state index contributed by atoms with van der Waals surface area (Å²) in [4.78, 5) is 82.2. The Morgan fingerprint density at radius 2 is 1.08 bits per heavy atom. The van der Waals surface area contributed by atoms with E-state index in [1.807, 2.05) is 13.8 Å². The maximum Gasteiger partial charge on any atom is 0.330 e. The van der Waals surface area contributed by atoms with Crippen molar-refractivity contribution >= 4 is 47.8 Å². The van der Waals surface area contributed by atoms with Gasteiger partial charge in [0.2, 0.25) is 0 Å². The van der Waals surface area contributed by atoms with Gasteiger partial charge in [0.15, 0.2) is 0 Å². The third-order valence-corrected chi connectivity index (χ3v) is 5.79. The highest BCUT2D eigenvalue weighted by Gasteiger charge is 2.23. The smallest absolute Gasteiger partial charge is 0.330 e. The number of hydrogen-bond acceptors (Lipinski definition) is 19. The van der Waals surface area contributed by atoms with Crippen LogP contribution in [0.25, 0.3) is 0 Å². The number of unbranched alkanes of at least 4 members (excludes halogenated alkanes) is 1. The summed E-state index contributed by atoms with van der Waals surface area (Å²) in [5, 5.41) is 48.8. The predicted molar refractivity (Wildman–Crippen MR) is 181 cm³/mol. The van der Waals surface area contributed by atoms with Crippen molar-refractivity contribution in [1.29, 1.82) is 0 Å². The molecule has 0 saturated carbocycles. The fourth-order valence-corrected chi connectivity index (χ4v) is 2.20. The Hall–Kier alpha value is -4.40. The van der Waals surface area contributed by atoms with Gasteiger partial charge in [-0.05, 0) is 38.6 Å². The van der Waals surface area contributed by atoms with Crippen LogP contribution in [-0.4, -0.2) is 141 Å². The standard InChI is InChI=1S/C8H16N2O3.C6H12N2O4.C6H14N2O2.C5H9NO4.C3H7NO3/c1-3-5(2)7(10)8(12)13-6(11)4-9;1-3(7)6(11)12-2-4(8)5(9)10;7-4-2-1-3-5(8)6(9)10;6-3(5(9)10)1-2-4(7)8;4-2(1-5)3(6)7/h5,7H,3-4,9-10H2,1-2H3;3-4H,2,7-8H2,1H3,(H,9,10);5H,1-4,7-8H2,(H,9,10);3H,1-2,6H2,(H,7,8)(H,9,10);2,5H,1,4H2,(H,6,7)/t5-,7-;3-,4-;5-;3-;2-/m00000/s1. The molecule has 0 rings (SSSR count). The number of aliphatic hydroxyl groups excluding tert-OH is 1. The van der Waals surface area contributed by atoms with Gasteiger partial charge in [-0.25, -0.2) is 4.79 Å². The molecular formula is C28H58N8O16. The van der Waals surface area contributed by atoms with Gasteiger partial charge in [0, 0.05) is 6.42 Å². The third-order valence-electron chi connectivity index (χ3n) is 5.79. The highest BCUT2D eigenvalue weighted by Crippen LogP contribution is 2.06. The van der Waals surface area contributed by atoms with Gasteiger partial charge < -0.3 is 86.0 Å². The molecule has 0 radical (unpaired) electrons. The number of aliphatic carboxylic acids is 5. The number of hydrogen-bond donors (Lipinski definition) is 14. The van der Waals surface area contributed by atoms with E-state index in [1.54, 1.807) is 0 Å². The van der Waals surface area contributed by atoms with Crippen molar-refractivity contribution in [3.8, 4) is 0 Å². The van der Waals surface area contributed by atoms with Crippen molar-refractivity contribution in [1.82, 2.24) is 0 Å². The number of ether oxygens (including phenoxy) is 2. The third kappa shape index (κ3) is 38.4. The zero-order valence-corrected chi connectivity index (χ0v) is 29.5. The number of rotatable bonds is 19. The maximum atomic E-state index is 11.1.